The Hall–Kier alpha value is -1.47. The highest BCUT2D eigenvalue weighted by atomic mass is 32.1. The summed E-state index contributed by atoms with van der Waals surface area (Å²) in [6.07, 6.45) is 0. The molecule has 1 saturated heterocycles. The van der Waals surface area contributed by atoms with E-state index in [1.807, 2.05) is 0 Å². The van der Waals surface area contributed by atoms with Gasteiger partial charge in [0.1, 0.15) is 0 Å². The molecule has 0 atom stereocenters. The van der Waals surface area contributed by atoms with Crippen LogP contribution < -0.4 is 10.2 Å². The Morgan fingerprint density at radius 3 is 2.47 bits per heavy atom. The van der Waals surface area contributed by atoms with Crippen molar-refractivity contribution in [3.63, 3.8) is 0 Å². The Labute approximate surface area is 88.9 Å². The van der Waals surface area contributed by atoms with Crippen molar-refractivity contribution in [1.29, 1.82) is 0 Å². The Morgan fingerprint density at radius 1 is 1.27 bits per heavy atom. The minimum Gasteiger partial charge on any atom is -0.315 e. The Bertz CT molecular complexity index is 434. The van der Waals surface area contributed by atoms with E-state index in [9.17, 15) is 14.4 Å². The first-order valence-corrected chi connectivity index (χ1v) is 5.23. The molecule has 0 unspecified atom stereocenters. The van der Waals surface area contributed by atoms with Gasteiger partial charge in [0.25, 0.3) is 0 Å². The van der Waals surface area contributed by atoms with E-state index in [-0.39, 0.29) is 29.8 Å². The number of H-pyrrole nitrogens is 1. The first kappa shape index (κ1) is 10.1. The van der Waals surface area contributed by atoms with Gasteiger partial charge in [0, 0.05) is 17.6 Å². The molecule has 1 aliphatic rings. The molecule has 2 N–H and O–H groups in total. The largest absolute Gasteiger partial charge is 0.315 e. The van der Waals surface area contributed by atoms with Crippen molar-refractivity contribution in [3.05, 3.63) is 20.7 Å². The molecule has 2 rings (SSSR count). The molecule has 0 saturated carbocycles. The van der Waals surface area contributed by atoms with E-state index < -0.39 is 0 Å². The summed E-state index contributed by atoms with van der Waals surface area (Å²) in [4.78, 5) is 37.1. The van der Waals surface area contributed by atoms with Gasteiger partial charge < -0.3 is 4.98 Å². The number of nitrogens with zero attached hydrogens (tertiary/aromatic N) is 1. The lowest BCUT2D eigenvalue weighted by Crippen LogP contribution is -2.50. The van der Waals surface area contributed by atoms with Crippen LogP contribution in [-0.4, -0.2) is 34.8 Å². The zero-order valence-electron chi connectivity index (χ0n) is 7.78. The molecule has 6 nitrogen and oxygen atoms in total. The number of hydrogen-bond acceptors (Lipinski definition) is 5. The van der Waals surface area contributed by atoms with Gasteiger partial charge in [0.2, 0.25) is 11.8 Å². The molecule has 15 heavy (non-hydrogen) atoms. The number of hydrogen-bond donors (Lipinski definition) is 2. The standard InChI is InChI=1S/C8H9N3O3S/c12-6-2-11(3-7(13)10-6)1-5-4-15-8(14)9-5/h4H,1-3H2,(H,9,14)(H,10,12,13). The number of carbonyl (C=O) groups is 2. The minimum absolute atomic E-state index is 0.127. The molecule has 0 bridgehead atoms. The van der Waals surface area contributed by atoms with Crippen LogP contribution in [0.1, 0.15) is 5.69 Å². The topological polar surface area (TPSA) is 82.3 Å². The van der Waals surface area contributed by atoms with Crippen LogP contribution in [-0.2, 0) is 16.1 Å². The number of imide groups is 1. The summed E-state index contributed by atoms with van der Waals surface area (Å²) < 4.78 is 0. The Balaban J connectivity index is 2.03. The molecule has 0 aromatic carbocycles. The molecule has 1 aliphatic heterocycles. The SMILES string of the molecule is O=C1CN(Cc2csc(=O)[nH]2)CC(=O)N1. The van der Waals surface area contributed by atoms with Crippen molar-refractivity contribution in [1.82, 2.24) is 15.2 Å². The van der Waals surface area contributed by atoms with E-state index in [4.69, 9.17) is 0 Å². The Kier molecular flexibility index (Phi) is 2.65. The van der Waals surface area contributed by atoms with Crippen LogP contribution in [0.2, 0.25) is 0 Å². The normalized spacial score (nSPS) is 17.9. The van der Waals surface area contributed by atoms with E-state index in [2.05, 4.69) is 10.3 Å². The molecular weight excluding hydrogens is 218 g/mol. The van der Waals surface area contributed by atoms with Gasteiger partial charge in [-0.3, -0.25) is 24.6 Å². The highest BCUT2D eigenvalue weighted by Crippen LogP contribution is 2.03. The Morgan fingerprint density at radius 2 is 1.93 bits per heavy atom. The zero-order chi connectivity index (χ0) is 10.8. The van der Waals surface area contributed by atoms with Gasteiger partial charge in [-0.15, -0.1) is 0 Å². The van der Waals surface area contributed by atoms with Gasteiger partial charge in [-0.05, 0) is 0 Å². The predicted octanol–water partition coefficient (Wildman–Crippen LogP) is -1.11. The fourth-order valence-corrected chi connectivity index (χ4v) is 2.01. The maximum Gasteiger partial charge on any atom is 0.304 e. The van der Waals surface area contributed by atoms with Gasteiger partial charge in [-0.1, -0.05) is 11.3 Å². The monoisotopic (exact) mass is 227 g/mol. The lowest BCUT2D eigenvalue weighted by Gasteiger charge is -2.24. The second kappa shape index (κ2) is 3.95. The molecule has 7 heteroatoms. The average molecular weight is 227 g/mol. The number of nitrogens with one attached hydrogen (secondary N) is 2. The number of rotatable bonds is 2. The van der Waals surface area contributed by atoms with Crippen LogP contribution in [0.4, 0.5) is 0 Å². The summed E-state index contributed by atoms with van der Waals surface area (Å²) in [6.45, 7) is 0.783. The summed E-state index contributed by atoms with van der Waals surface area (Å²) in [6, 6.07) is 0. The summed E-state index contributed by atoms with van der Waals surface area (Å²) in [5, 5.41) is 3.91. The predicted molar refractivity (Wildman–Crippen MR) is 53.4 cm³/mol. The van der Waals surface area contributed by atoms with E-state index in [1.54, 1.807) is 10.3 Å². The number of carbonyl (C=O) groups excluding carboxylic acids is 2. The third kappa shape index (κ3) is 2.51. The molecule has 2 heterocycles. The lowest BCUT2D eigenvalue weighted by molar-refractivity contribution is -0.136. The summed E-state index contributed by atoms with van der Waals surface area (Å²) in [7, 11) is 0. The van der Waals surface area contributed by atoms with E-state index in [1.165, 1.54) is 0 Å². The maximum atomic E-state index is 11.0. The molecule has 0 radical (unpaired) electrons. The van der Waals surface area contributed by atoms with Crippen LogP contribution >= 0.6 is 11.3 Å². The lowest BCUT2D eigenvalue weighted by atomic mass is 10.3. The maximum absolute atomic E-state index is 11.0. The third-order valence-electron chi connectivity index (χ3n) is 1.98. The van der Waals surface area contributed by atoms with Gasteiger partial charge in [0.15, 0.2) is 0 Å². The van der Waals surface area contributed by atoms with Gasteiger partial charge in [-0.2, -0.15) is 0 Å². The van der Waals surface area contributed by atoms with Crippen molar-refractivity contribution in [3.8, 4) is 0 Å². The van der Waals surface area contributed by atoms with Crippen molar-refractivity contribution >= 4 is 23.2 Å². The molecule has 80 valence electrons. The quantitative estimate of drug-likeness (QED) is 0.628. The van der Waals surface area contributed by atoms with E-state index in [0.717, 1.165) is 17.0 Å². The summed E-state index contributed by atoms with van der Waals surface area (Å²) >= 11 is 1.07. The fraction of sp³-hybridized carbons (Fsp3) is 0.375. The average Bonchev–Trinajstić information content (AvgIpc) is 2.49. The van der Waals surface area contributed by atoms with E-state index in [0.29, 0.717) is 6.54 Å². The molecule has 0 spiro atoms. The number of thiazole rings is 1. The van der Waals surface area contributed by atoms with Crippen LogP contribution in [0.3, 0.4) is 0 Å². The molecule has 1 aromatic heterocycles. The third-order valence-corrected chi connectivity index (χ3v) is 2.70. The van der Waals surface area contributed by atoms with Crippen molar-refractivity contribution in [2.45, 2.75) is 6.54 Å². The summed E-state index contributed by atoms with van der Waals surface area (Å²) in [5.74, 6) is -0.604. The van der Waals surface area contributed by atoms with Crippen LogP contribution in [0, 0.1) is 0 Å². The van der Waals surface area contributed by atoms with Crippen molar-refractivity contribution in [2.75, 3.05) is 13.1 Å². The van der Waals surface area contributed by atoms with Crippen molar-refractivity contribution in [2.24, 2.45) is 0 Å². The molecule has 1 aromatic rings. The second-order valence-corrected chi connectivity index (χ2v) is 4.13. The molecule has 1 fully saturated rings. The van der Waals surface area contributed by atoms with Crippen LogP contribution in [0.25, 0.3) is 0 Å². The highest BCUT2D eigenvalue weighted by molar-refractivity contribution is 7.07. The first-order valence-electron chi connectivity index (χ1n) is 4.35. The minimum atomic E-state index is -0.302. The van der Waals surface area contributed by atoms with E-state index >= 15 is 0 Å². The van der Waals surface area contributed by atoms with Gasteiger partial charge in [-0.25, -0.2) is 0 Å². The second-order valence-electron chi connectivity index (χ2n) is 3.29. The summed E-state index contributed by atoms with van der Waals surface area (Å²) in [5.41, 5.74) is 0.729. The number of aromatic nitrogens is 1. The fourth-order valence-electron chi connectivity index (χ4n) is 1.44. The highest BCUT2D eigenvalue weighted by Gasteiger charge is 2.22. The number of aromatic amines is 1. The van der Waals surface area contributed by atoms with Crippen LogP contribution in [0.5, 0.6) is 0 Å². The number of amides is 2. The molecule has 0 aliphatic carbocycles. The molecule has 2 amide bonds. The van der Waals surface area contributed by atoms with Gasteiger partial charge >= 0.3 is 4.87 Å². The molecular formula is C8H9N3O3S. The first-order chi connectivity index (χ1) is 7.13. The van der Waals surface area contributed by atoms with Crippen molar-refractivity contribution < 1.29 is 9.59 Å². The number of piperazine rings is 1. The van der Waals surface area contributed by atoms with Crippen LogP contribution in [0.15, 0.2) is 10.2 Å². The van der Waals surface area contributed by atoms with Gasteiger partial charge in [0.05, 0.1) is 13.1 Å². The zero-order valence-corrected chi connectivity index (χ0v) is 8.60. The smallest absolute Gasteiger partial charge is 0.304 e.